The molecule has 2 fully saturated rings. The number of thioether (sulfide) groups is 1. The molecule has 2 aliphatic heterocycles. The third kappa shape index (κ3) is 3.76. The molecule has 0 aromatic heterocycles. The highest BCUT2D eigenvalue weighted by molar-refractivity contribution is 7.99. The minimum Gasteiger partial charge on any atom is -0.479 e. The van der Waals surface area contributed by atoms with E-state index in [0.717, 1.165) is 17.9 Å². The van der Waals surface area contributed by atoms with Crippen LogP contribution in [0.5, 0.6) is 0 Å². The average molecular weight is 288 g/mol. The molecule has 2 saturated heterocycles. The molecular weight excluding hydrogens is 268 g/mol. The van der Waals surface area contributed by atoms with Gasteiger partial charge in [-0.2, -0.15) is 11.8 Å². The summed E-state index contributed by atoms with van der Waals surface area (Å²) >= 11 is 1.86. The number of urea groups is 1. The lowest BCUT2D eigenvalue weighted by atomic mass is 10.2. The van der Waals surface area contributed by atoms with E-state index < -0.39 is 12.1 Å². The van der Waals surface area contributed by atoms with E-state index in [2.05, 4.69) is 5.32 Å². The maximum absolute atomic E-state index is 11.9. The standard InChI is InChI=1S/C12H20N2O4S/c1-14(8-4-5-19-7-8)12(17)13-6-9-2-3-10(18-9)11(15)16/h8-10H,2-7H2,1H3,(H,13,17)(H,15,16). The third-order valence-corrected chi connectivity index (χ3v) is 4.78. The maximum Gasteiger partial charge on any atom is 0.332 e. The van der Waals surface area contributed by atoms with E-state index in [9.17, 15) is 9.59 Å². The quantitative estimate of drug-likeness (QED) is 0.798. The zero-order chi connectivity index (χ0) is 13.8. The second-order valence-electron chi connectivity index (χ2n) is 4.98. The maximum atomic E-state index is 11.9. The van der Waals surface area contributed by atoms with E-state index in [0.29, 0.717) is 25.4 Å². The summed E-state index contributed by atoms with van der Waals surface area (Å²) in [6.45, 7) is 0.382. The number of nitrogens with one attached hydrogen (secondary N) is 1. The first kappa shape index (κ1) is 14.5. The van der Waals surface area contributed by atoms with Crippen molar-refractivity contribution in [1.29, 1.82) is 0 Å². The number of ether oxygens (including phenoxy) is 1. The lowest BCUT2D eigenvalue weighted by Crippen LogP contribution is -2.45. The Balaban J connectivity index is 1.70. The molecule has 0 saturated carbocycles. The van der Waals surface area contributed by atoms with Crippen LogP contribution in [0.1, 0.15) is 19.3 Å². The van der Waals surface area contributed by atoms with Gasteiger partial charge in [-0.05, 0) is 25.0 Å². The van der Waals surface area contributed by atoms with Crippen molar-refractivity contribution in [2.45, 2.75) is 37.5 Å². The summed E-state index contributed by atoms with van der Waals surface area (Å²) in [5.74, 6) is 1.17. The first-order valence-electron chi connectivity index (χ1n) is 6.54. The van der Waals surface area contributed by atoms with Gasteiger partial charge in [0.15, 0.2) is 6.10 Å². The fraction of sp³-hybridized carbons (Fsp3) is 0.833. The summed E-state index contributed by atoms with van der Waals surface area (Å²) in [7, 11) is 1.81. The second-order valence-corrected chi connectivity index (χ2v) is 6.13. The Labute approximate surface area is 116 Å². The van der Waals surface area contributed by atoms with Gasteiger partial charge >= 0.3 is 12.0 Å². The van der Waals surface area contributed by atoms with Crippen LogP contribution in [0, 0.1) is 0 Å². The molecule has 3 atom stereocenters. The minimum atomic E-state index is -0.922. The van der Waals surface area contributed by atoms with Crippen LogP contribution in [-0.4, -0.2) is 65.4 Å². The van der Waals surface area contributed by atoms with Crippen molar-refractivity contribution >= 4 is 23.8 Å². The van der Waals surface area contributed by atoms with E-state index in [4.69, 9.17) is 9.84 Å². The van der Waals surface area contributed by atoms with Crippen LogP contribution in [0.2, 0.25) is 0 Å². The summed E-state index contributed by atoms with van der Waals surface area (Å²) in [5, 5.41) is 11.6. The van der Waals surface area contributed by atoms with Gasteiger partial charge in [0.05, 0.1) is 6.10 Å². The number of nitrogens with zero attached hydrogens (tertiary/aromatic N) is 1. The van der Waals surface area contributed by atoms with Crippen LogP contribution >= 0.6 is 11.8 Å². The molecule has 0 bridgehead atoms. The molecule has 19 heavy (non-hydrogen) atoms. The van der Waals surface area contributed by atoms with Gasteiger partial charge in [-0.3, -0.25) is 0 Å². The molecule has 2 aliphatic rings. The molecule has 2 N–H and O–H groups in total. The number of amides is 2. The number of aliphatic carboxylic acids is 1. The van der Waals surface area contributed by atoms with Gasteiger partial charge in [0.1, 0.15) is 0 Å². The first-order valence-corrected chi connectivity index (χ1v) is 7.70. The van der Waals surface area contributed by atoms with Crippen molar-refractivity contribution in [1.82, 2.24) is 10.2 Å². The minimum absolute atomic E-state index is 0.102. The van der Waals surface area contributed by atoms with E-state index in [1.807, 2.05) is 11.8 Å². The van der Waals surface area contributed by atoms with Crippen molar-refractivity contribution < 1.29 is 19.4 Å². The van der Waals surface area contributed by atoms with E-state index >= 15 is 0 Å². The molecule has 0 aromatic carbocycles. The Morgan fingerprint density at radius 1 is 1.42 bits per heavy atom. The Hall–Kier alpha value is -0.950. The van der Waals surface area contributed by atoms with Crippen molar-refractivity contribution in [2.75, 3.05) is 25.1 Å². The largest absolute Gasteiger partial charge is 0.479 e. The first-order chi connectivity index (χ1) is 9.08. The summed E-state index contributed by atoms with van der Waals surface area (Å²) in [6, 6.07) is 0.205. The number of hydrogen-bond acceptors (Lipinski definition) is 4. The van der Waals surface area contributed by atoms with Crippen LogP contribution in [-0.2, 0) is 9.53 Å². The van der Waals surface area contributed by atoms with Crippen molar-refractivity contribution in [3.05, 3.63) is 0 Å². The molecule has 7 heteroatoms. The normalized spacial score (nSPS) is 30.3. The van der Waals surface area contributed by atoms with Crippen LogP contribution in [0.25, 0.3) is 0 Å². The third-order valence-electron chi connectivity index (χ3n) is 3.64. The van der Waals surface area contributed by atoms with Crippen molar-refractivity contribution in [3.63, 3.8) is 0 Å². The highest BCUT2D eigenvalue weighted by Gasteiger charge is 2.31. The summed E-state index contributed by atoms with van der Waals surface area (Å²) < 4.78 is 5.34. The van der Waals surface area contributed by atoms with E-state index in [1.54, 1.807) is 11.9 Å². The molecule has 0 radical (unpaired) electrons. The van der Waals surface area contributed by atoms with Gasteiger partial charge in [-0.1, -0.05) is 0 Å². The zero-order valence-electron chi connectivity index (χ0n) is 11.0. The molecule has 2 amide bonds. The highest BCUT2D eigenvalue weighted by Crippen LogP contribution is 2.22. The second kappa shape index (κ2) is 6.47. The fourth-order valence-electron chi connectivity index (χ4n) is 2.36. The van der Waals surface area contributed by atoms with Crippen molar-refractivity contribution in [3.8, 4) is 0 Å². The highest BCUT2D eigenvalue weighted by atomic mass is 32.2. The van der Waals surface area contributed by atoms with Gasteiger partial charge < -0.3 is 20.1 Å². The predicted octanol–water partition coefficient (Wildman–Crippen LogP) is 0.765. The SMILES string of the molecule is CN(C(=O)NCC1CCC(C(=O)O)O1)C1CCSC1. The smallest absolute Gasteiger partial charge is 0.332 e. The summed E-state index contributed by atoms with van der Waals surface area (Å²) in [5.41, 5.74) is 0. The Kier molecular flexibility index (Phi) is 4.93. The van der Waals surface area contributed by atoms with Crippen LogP contribution in [0.4, 0.5) is 4.79 Å². The molecule has 2 rings (SSSR count). The number of carboxylic acids is 1. The van der Waals surface area contributed by atoms with Crippen molar-refractivity contribution in [2.24, 2.45) is 0 Å². The molecular formula is C12H20N2O4S. The number of carboxylic acid groups (broad SMARTS) is 1. The molecule has 108 valence electrons. The average Bonchev–Trinajstić information content (AvgIpc) is 3.05. The van der Waals surface area contributed by atoms with Crippen LogP contribution in [0.15, 0.2) is 0 Å². The fourth-order valence-corrected chi connectivity index (χ4v) is 3.62. The number of hydrogen-bond donors (Lipinski definition) is 2. The lowest BCUT2D eigenvalue weighted by Gasteiger charge is -2.24. The van der Waals surface area contributed by atoms with Gasteiger partial charge in [0, 0.05) is 25.4 Å². The van der Waals surface area contributed by atoms with Gasteiger partial charge in [-0.25, -0.2) is 9.59 Å². The molecule has 0 aromatic rings. The molecule has 0 aliphatic carbocycles. The summed E-state index contributed by atoms with van der Waals surface area (Å²) in [6.07, 6.45) is 1.34. The number of rotatable bonds is 4. The number of carbonyl (C=O) groups excluding carboxylic acids is 1. The monoisotopic (exact) mass is 288 g/mol. The van der Waals surface area contributed by atoms with E-state index in [-0.39, 0.29) is 12.1 Å². The van der Waals surface area contributed by atoms with E-state index in [1.165, 1.54) is 0 Å². The zero-order valence-corrected chi connectivity index (χ0v) is 11.8. The lowest BCUT2D eigenvalue weighted by molar-refractivity contribution is -0.149. The van der Waals surface area contributed by atoms with Gasteiger partial charge in [0.2, 0.25) is 0 Å². The van der Waals surface area contributed by atoms with Gasteiger partial charge in [0.25, 0.3) is 0 Å². The Morgan fingerprint density at radius 2 is 2.21 bits per heavy atom. The van der Waals surface area contributed by atoms with Crippen LogP contribution < -0.4 is 5.32 Å². The molecule has 0 spiro atoms. The Morgan fingerprint density at radius 3 is 2.79 bits per heavy atom. The van der Waals surface area contributed by atoms with Gasteiger partial charge in [-0.15, -0.1) is 0 Å². The predicted molar refractivity (Wildman–Crippen MR) is 72.4 cm³/mol. The molecule has 3 unspecified atom stereocenters. The summed E-state index contributed by atoms with van der Waals surface area (Å²) in [4.78, 5) is 24.4. The molecule has 6 nitrogen and oxygen atoms in total. The Bertz CT molecular complexity index is 347. The van der Waals surface area contributed by atoms with Crippen LogP contribution in [0.3, 0.4) is 0 Å². The topological polar surface area (TPSA) is 78.9 Å². The number of carbonyl (C=O) groups is 2. The molecule has 2 heterocycles.